The fraction of sp³-hybridized carbons (Fsp3) is 0.933. The van der Waals surface area contributed by atoms with Gasteiger partial charge in [0.2, 0.25) is 5.91 Å². The molecule has 3 atom stereocenters. The predicted octanol–water partition coefficient (Wildman–Crippen LogP) is 0.975. The highest BCUT2D eigenvalue weighted by atomic mass is 16.2. The van der Waals surface area contributed by atoms with Crippen LogP contribution in [-0.4, -0.2) is 49.6 Å². The van der Waals surface area contributed by atoms with Crippen molar-refractivity contribution in [3.05, 3.63) is 0 Å². The molecule has 0 radical (unpaired) electrons. The Morgan fingerprint density at radius 3 is 2.79 bits per heavy atom. The molecule has 1 aliphatic heterocycles. The van der Waals surface area contributed by atoms with E-state index in [0.29, 0.717) is 6.04 Å². The molecule has 0 aromatic heterocycles. The van der Waals surface area contributed by atoms with Crippen molar-refractivity contribution in [1.82, 2.24) is 15.5 Å². The van der Waals surface area contributed by atoms with Gasteiger partial charge in [-0.15, -0.1) is 0 Å². The Bertz CT molecular complexity index is 329. The number of carbonyl (C=O) groups is 1. The standard InChI is InChI=1S/C15H27N3O/c1-16-15(19)14-10-17-7-8-18(14)13-4-2-3-12(9-13)11-5-6-11/h11-14,17H,2-10H2,1H3,(H,16,19). The molecule has 4 heteroatoms. The SMILES string of the molecule is CNC(=O)C1CNCCN1C1CCCC(C2CC2)C1. The summed E-state index contributed by atoms with van der Waals surface area (Å²) in [6, 6.07) is 0.686. The Morgan fingerprint density at radius 2 is 2.05 bits per heavy atom. The highest BCUT2D eigenvalue weighted by molar-refractivity contribution is 5.81. The fourth-order valence-electron chi connectivity index (χ4n) is 4.06. The molecule has 0 aromatic rings. The van der Waals surface area contributed by atoms with Gasteiger partial charge in [0, 0.05) is 32.7 Å². The molecular weight excluding hydrogens is 238 g/mol. The number of piperazine rings is 1. The van der Waals surface area contributed by atoms with Gasteiger partial charge in [0.15, 0.2) is 0 Å². The maximum atomic E-state index is 12.1. The van der Waals surface area contributed by atoms with E-state index in [1.807, 2.05) is 0 Å². The topological polar surface area (TPSA) is 44.4 Å². The van der Waals surface area contributed by atoms with Crippen LogP contribution < -0.4 is 10.6 Å². The van der Waals surface area contributed by atoms with Crippen LogP contribution in [0.25, 0.3) is 0 Å². The molecule has 4 nitrogen and oxygen atoms in total. The van der Waals surface area contributed by atoms with Crippen LogP contribution in [-0.2, 0) is 4.79 Å². The minimum absolute atomic E-state index is 0.0432. The molecule has 19 heavy (non-hydrogen) atoms. The smallest absolute Gasteiger partial charge is 0.238 e. The first-order chi connectivity index (χ1) is 9.29. The van der Waals surface area contributed by atoms with Gasteiger partial charge in [-0.2, -0.15) is 0 Å². The maximum Gasteiger partial charge on any atom is 0.238 e. The summed E-state index contributed by atoms with van der Waals surface area (Å²) >= 11 is 0. The molecule has 3 unspecified atom stereocenters. The molecular formula is C15H27N3O. The van der Waals surface area contributed by atoms with Crippen LogP contribution in [0.1, 0.15) is 38.5 Å². The maximum absolute atomic E-state index is 12.1. The number of hydrogen-bond donors (Lipinski definition) is 2. The van der Waals surface area contributed by atoms with Gasteiger partial charge >= 0.3 is 0 Å². The third kappa shape index (κ3) is 2.95. The second-order valence-corrected chi connectivity index (χ2v) is 6.49. The van der Waals surface area contributed by atoms with E-state index in [0.717, 1.165) is 31.5 Å². The third-order valence-corrected chi connectivity index (χ3v) is 5.28. The fourth-order valence-corrected chi connectivity index (χ4v) is 4.06. The van der Waals surface area contributed by atoms with E-state index in [-0.39, 0.29) is 11.9 Å². The molecule has 0 aromatic carbocycles. The molecule has 2 aliphatic carbocycles. The Labute approximate surface area is 116 Å². The number of amides is 1. The number of likely N-dealkylation sites (N-methyl/N-ethyl adjacent to an activating group) is 1. The summed E-state index contributed by atoms with van der Waals surface area (Å²) < 4.78 is 0. The van der Waals surface area contributed by atoms with Gasteiger partial charge in [-0.3, -0.25) is 9.69 Å². The van der Waals surface area contributed by atoms with Crippen molar-refractivity contribution in [1.29, 1.82) is 0 Å². The first kappa shape index (κ1) is 13.4. The largest absolute Gasteiger partial charge is 0.358 e. The minimum Gasteiger partial charge on any atom is -0.358 e. The van der Waals surface area contributed by atoms with Crippen molar-refractivity contribution in [2.75, 3.05) is 26.7 Å². The van der Waals surface area contributed by atoms with E-state index in [9.17, 15) is 4.79 Å². The Kier molecular flexibility index (Phi) is 4.08. The van der Waals surface area contributed by atoms with E-state index in [1.54, 1.807) is 7.05 Å². The summed E-state index contributed by atoms with van der Waals surface area (Å²) in [6.45, 7) is 2.86. The molecule has 0 bridgehead atoms. The number of hydrogen-bond acceptors (Lipinski definition) is 3. The second-order valence-electron chi connectivity index (χ2n) is 6.49. The zero-order valence-corrected chi connectivity index (χ0v) is 12.0. The minimum atomic E-state index is 0.0432. The number of nitrogens with one attached hydrogen (secondary N) is 2. The molecule has 3 aliphatic rings. The van der Waals surface area contributed by atoms with Gasteiger partial charge in [-0.25, -0.2) is 0 Å². The zero-order chi connectivity index (χ0) is 13.2. The summed E-state index contributed by atoms with van der Waals surface area (Å²) in [5.41, 5.74) is 0. The summed E-state index contributed by atoms with van der Waals surface area (Å²) in [7, 11) is 1.75. The van der Waals surface area contributed by atoms with Gasteiger partial charge in [0.05, 0.1) is 0 Å². The van der Waals surface area contributed by atoms with Crippen molar-refractivity contribution in [2.45, 2.75) is 50.6 Å². The number of nitrogens with zero attached hydrogens (tertiary/aromatic N) is 1. The van der Waals surface area contributed by atoms with Crippen LogP contribution >= 0.6 is 0 Å². The normalized spacial score (nSPS) is 37.0. The van der Waals surface area contributed by atoms with E-state index >= 15 is 0 Å². The van der Waals surface area contributed by atoms with Crippen LogP contribution in [0.2, 0.25) is 0 Å². The van der Waals surface area contributed by atoms with Gasteiger partial charge in [-0.1, -0.05) is 12.8 Å². The lowest BCUT2D eigenvalue weighted by Gasteiger charge is -2.43. The van der Waals surface area contributed by atoms with Crippen molar-refractivity contribution in [3.8, 4) is 0 Å². The summed E-state index contributed by atoms with van der Waals surface area (Å²) in [4.78, 5) is 14.5. The lowest BCUT2D eigenvalue weighted by atomic mass is 9.81. The monoisotopic (exact) mass is 265 g/mol. The lowest BCUT2D eigenvalue weighted by molar-refractivity contribution is -0.128. The first-order valence-corrected chi connectivity index (χ1v) is 7.97. The van der Waals surface area contributed by atoms with Crippen LogP contribution in [0.5, 0.6) is 0 Å². The quantitative estimate of drug-likeness (QED) is 0.799. The molecule has 0 spiro atoms. The van der Waals surface area contributed by atoms with Crippen LogP contribution in [0, 0.1) is 11.8 Å². The van der Waals surface area contributed by atoms with Crippen LogP contribution in [0.4, 0.5) is 0 Å². The summed E-state index contributed by atoms with van der Waals surface area (Å²) in [6.07, 6.45) is 8.32. The van der Waals surface area contributed by atoms with E-state index in [4.69, 9.17) is 0 Å². The van der Waals surface area contributed by atoms with E-state index in [1.165, 1.54) is 38.5 Å². The Hall–Kier alpha value is -0.610. The molecule has 2 N–H and O–H groups in total. The molecule has 1 heterocycles. The van der Waals surface area contributed by atoms with Gasteiger partial charge in [0.1, 0.15) is 6.04 Å². The molecule has 3 fully saturated rings. The number of rotatable bonds is 3. The Morgan fingerprint density at radius 1 is 1.21 bits per heavy atom. The molecule has 3 rings (SSSR count). The lowest BCUT2D eigenvalue weighted by Crippen LogP contribution is -2.61. The average Bonchev–Trinajstić information content (AvgIpc) is 3.31. The molecule has 108 valence electrons. The van der Waals surface area contributed by atoms with Crippen LogP contribution in [0.3, 0.4) is 0 Å². The highest BCUT2D eigenvalue weighted by Crippen LogP contribution is 2.45. The summed E-state index contributed by atoms with van der Waals surface area (Å²) in [5, 5.41) is 6.19. The van der Waals surface area contributed by atoms with Crippen molar-refractivity contribution in [2.24, 2.45) is 11.8 Å². The number of carbonyl (C=O) groups excluding carboxylic acids is 1. The average molecular weight is 265 g/mol. The molecule has 2 saturated carbocycles. The summed E-state index contributed by atoms with van der Waals surface area (Å²) in [5.74, 6) is 2.14. The van der Waals surface area contributed by atoms with Gasteiger partial charge in [0.25, 0.3) is 0 Å². The van der Waals surface area contributed by atoms with Crippen molar-refractivity contribution < 1.29 is 4.79 Å². The third-order valence-electron chi connectivity index (χ3n) is 5.28. The highest BCUT2D eigenvalue weighted by Gasteiger charge is 2.39. The van der Waals surface area contributed by atoms with Crippen LogP contribution in [0.15, 0.2) is 0 Å². The second kappa shape index (κ2) is 5.80. The van der Waals surface area contributed by atoms with Crippen molar-refractivity contribution >= 4 is 5.91 Å². The Balaban J connectivity index is 1.65. The first-order valence-electron chi connectivity index (χ1n) is 7.97. The van der Waals surface area contributed by atoms with E-state index < -0.39 is 0 Å². The van der Waals surface area contributed by atoms with Gasteiger partial charge in [-0.05, 0) is 37.5 Å². The van der Waals surface area contributed by atoms with Gasteiger partial charge < -0.3 is 10.6 Å². The molecule has 1 saturated heterocycles. The van der Waals surface area contributed by atoms with E-state index in [2.05, 4.69) is 15.5 Å². The van der Waals surface area contributed by atoms with Crippen molar-refractivity contribution in [3.63, 3.8) is 0 Å². The molecule has 1 amide bonds. The predicted molar refractivity (Wildman–Crippen MR) is 75.9 cm³/mol. The zero-order valence-electron chi connectivity index (χ0n) is 12.0.